The normalized spacial score (nSPS) is 12.7. The van der Waals surface area contributed by atoms with Crippen molar-refractivity contribution in [1.29, 1.82) is 0 Å². The van der Waals surface area contributed by atoms with Crippen LogP contribution in [-0.2, 0) is 10.0 Å². The predicted octanol–water partition coefficient (Wildman–Crippen LogP) is 3.40. The molecular weight excluding hydrogens is 354 g/mol. The largest absolute Gasteiger partial charge is 0.330 e. The number of non-ortho nitro benzene ring substituents is 1. The second kappa shape index (κ2) is 9.43. The number of nitrogens with two attached hydrogens (primary N) is 1. The van der Waals surface area contributed by atoms with Crippen LogP contribution in [0.5, 0.6) is 0 Å². The number of rotatable bonds is 11. The fourth-order valence-electron chi connectivity index (χ4n) is 2.85. The van der Waals surface area contributed by atoms with Gasteiger partial charge in [-0.15, -0.1) is 0 Å². The summed E-state index contributed by atoms with van der Waals surface area (Å²) in [6.07, 6.45) is 2.76. The van der Waals surface area contributed by atoms with Gasteiger partial charge in [0, 0.05) is 25.2 Å². The van der Waals surface area contributed by atoms with Gasteiger partial charge < -0.3 is 5.73 Å². The van der Waals surface area contributed by atoms with Crippen molar-refractivity contribution in [3.8, 4) is 0 Å². The van der Waals surface area contributed by atoms with Gasteiger partial charge in [-0.3, -0.25) is 10.1 Å². The standard InChI is InChI=1S/C18H31N3O4S/c1-15(2)13-20(14-18(3,4)11-5-6-12-19)26(24,25)17-9-7-16(8-10-17)21(22)23/h7-10,15H,5-6,11-14,19H2,1-4H3. The SMILES string of the molecule is CC(C)CN(CC(C)(C)CCCCN)S(=O)(=O)c1ccc([N+](=O)[O-])cc1. The smallest absolute Gasteiger partial charge is 0.269 e. The van der Waals surface area contributed by atoms with E-state index in [2.05, 4.69) is 13.8 Å². The number of nitro groups is 1. The second-order valence-electron chi connectivity index (χ2n) is 7.85. The third kappa shape index (κ3) is 6.66. The van der Waals surface area contributed by atoms with E-state index in [1.54, 1.807) is 0 Å². The summed E-state index contributed by atoms with van der Waals surface area (Å²) >= 11 is 0. The summed E-state index contributed by atoms with van der Waals surface area (Å²) < 4.78 is 27.7. The van der Waals surface area contributed by atoms with E-state index in [-0.39, 0.29) is 21.9 Å². The first-order valence-corrected chi connectivity index (χ1v) is 10.4. The highest BCUT2D eigenvalue weighted by Crippen LogP contribution is 2.29. The molecule has 148 valence electrons. The van der Waals surface area contributed by atoms with Gasteiger partial charge in [-0.1, -0.05) is 34.1 Å². The molecule has 0 fully saturated rings. The Morgan fingerprint density at radius 3 is 2.23 bits per heavy atom. The lowest BCUT2D eigenvalue weighted by molar-refractivity contribution is -0.384. The molecule has 0 unspecified atom stereocenters. The van der Waals surface area contributed by atoms with Gasteiger partial charge in [0.2, 0.25) is 10.0 Å². The van der Waals surface area contributed by atoms with Crippen LogP contribution in [0.15, 0.2) is 29.2 Å². The van der Waals surface area contributed by atoms with Crippen molar-refractivity contribution in [2.45, 2.75) is 51.9 Å². The van der Waals surface area contributed by atoms with Crippen LogP contribution in [0, 0.1) is 21.4 Å². The van der Waals surface area contributed by atoms with Gasteiger partial charge in [0.1, 0.15) is 0 Å². The van der Waals surface area contributed by atoms with E-state index in [0.29, 0.717) is 19.6 Å². The number of hydrogen-bond donors (Lipinski definition) is 1. The van der Waals surface area contributed by atoms with Gasteiger partial charge in [-0.05, 0) is 42.9 Å². The Kier molecular flexibility index (Phi) is 8.17. The number of sulfonamides is 1. The topological polar surface area (TPSA) is 107 Å². The molecule has 1 rings (SSSR count). The second-order valence-corrected chi connectivity index (χ2v) is 9.79. The van der Waals surface area contributed by atoms with Gasteiger partial charge in [0.05, 0.1) is 9.82 Å². The molecule has 0 aliphatic rings. The molecule has 1 aromatic rings. The molecule has 2 N–H and O–H groups in total. The van der Waals surface area contributed by atoms with Crippen LogP contribution in [0.4, 0.5) is 5.69 Å². The molecule has 8 heteroatoms. The first-order chi connectivity index (χ1) is 12.0. The summed E-state index contributed by atoms with van der Waals surface area (Å²) in [6, 6.07) is 5.07. The molecular formula is C18H31N3O4S. The maximum Gasteiger partial charge on any atom is 0.269 e. The van der Waals surface area contributed by atoms with Crippen molar-refractivity contribution in [1.82, 2.24) is 4.31 Å². The molecule has 0 bridgehead atoms. The third-order valence-electron chi connectivity index (χ3n) is 4.17. The molecule has 7 nitrogen and oxygen atoms in total. The maximum atomic E-state index is 13.1. The summed E-state index contributed by atoms with van der Waals surface area (Å²) in [5, 5.41) is 10.8. The minimum absolute atomic E-state index is 0.0847. The van der Waals surface area contributed by atoms with Gasteiger partial charge >= 0.3 is 0 Å². The van der Waals surface area contributed by atoms with Crippen molar-refractivity contribution < 1.29 is 13.3 Å². The Balaban J connectivity index is 3.07. The Morgan fingerprint density at radius 2 is 1.77 bits per heavy atom. The Hall–Kier alpha value is -1.51. The van der Waals surface area contributed by atoms with Gasteiger partial charge in [0.15, 0.2) is 0 Å². The molecule has 0 spiro atoms. The first-order valence-electron chi connectivity index (χ1n) is 8.94. The van der Waals surface area contributed by atoms with E-state index >= 15 is 0 Å². The molecule has 1 aromatic carbocycles. The van der Waals surface area contributed by atoms with Crippen LogP contribution in [0.1, 0.15) is 47.0 Å². The van der Waals surface area contributed by atoms with Crippen molar-refractivity contribution in [2.24, 2.45) is 17.1 Å². The summed E-state index contributed by atoms with van der Waals surface area (Å²) in [5.41, 5.74) is 5.24. The molecule has 0 radical (unpaired) electrons. The lowest BCUT2D eigenvalue weighted by Gasteiger charge is -2.33. The summed E-state index contributed by atoms with van der Waals surface area (Å²) in [5.74, 6) is 0.169. The fraction of sp³-hybridized carbons (Fsp3) is 0.667. The number of unbranched alkanes of at least 4 members (excludes halogenated alkanes) is 1. The Morgan fingerprint density at radius 1 is 1.19 bits per heavy atom. The predicted molar refractivity (Wildman–Crippen MR) is 103 cm³/mol. The zero-order chi connectivity index (χ0) is 20.0. The van der Waals surface area contributed by atoms with Crippen molar-refractivity contribution in [2.75, 3.05) is 19.6 Å². The highest BCUT2D eigenvalue weighted by atomic mass is 32.2. The van der Waals surface area contributed by atoms with E-state index in [9.17, 15) is 18.5 Å². The van der Waals surface area contributed by atoms with Crippen LogP contribution in [0.25, 0.3) is 0 Å². The van der Waals surface area contributed by atoms with Gasteiger partial charge in [-0.2, -0.15) is 4.31 Å². The van der Waals surface area contributed by atoms with E-state index in [1.807, 2.05) is 13.8 Å². The highest BCUT2D eigenvalue weighted by molar-refractivity contribution is 7.89. The first kappa shape index (κ1) is 22.5. The molecule has 0 aliphatic heterocycles. The lowest BCUT2D eigenvalue weighted by atomic mass is 9.87. The van der Waals surface area contributed by atoms with E-state index in [4.69, 9.17) is 5.73 Å². The Labute approximate surface area is 156 Å². The minimum Gasteiger partial charge on any atom is -0.330 e. The molecule has 0 saturated heterocycles. The molecule has 0 atom stereocenters. The maximum absolute atomic E-state index is 13.1. The molecule has 0 aromatic heterocycles. The van der Waals surface area contributed by atoms with E-state index < -0.39 is 14.9 Å². The third-order valence-corrected chi connectivity index (χ3v) is 5.99. The number of hydrogen-bond acceptors (Lipinski definition) is 5. The molecule has 0 aliphatic carbocycles. The quantitative estimate of drug-likeness (QED) is 0.357. The molecule has 0 amide bonds. The Bertz CT molecular complexity index is 685. The van der Waals surface area contributed by atoms with Gasteiger partial charge in [0.25, 0.3) is 5.69 Å². The van der Waals surface area contributed by atoms with Crippen LogP contribution in [-0.4, -0.2) is 37.3 Å². The minimum atomic E-state index is -3.72. The van der Waals surface area contributed by atoms with Crippen LogP contribution in [0.3, 0.4) is 0 Å². The van der Waals surface area contributed by atoms with Crippen LogP contribution >= 0.6 is 0 Å². The summed E-state index contributed by atoms with van der Waals surface area (Å²) in [6.45, 7) is 9.49. The fourth-order valence-corrected chi connectivity index (χ4v) is 4.64. The average Bonchev–Trinajstić information content (AvgIpc) is 2.53. The van der Waals surface area contributed by atoms with Crippen molar-refractivity contribution in [3.63, 3.8) is 0 Å². The number of benzene rings is 1. The zero-order valence-electron chi connectivity index (χ0n) is 16.1. The van der Waals surface area contributed by atoms with Gasteiger partial charge in [-0.25, -0.2) is 8.42 Å². The monoisotopic (exact) mass is 385 g/mol. The molecule has 26 heavy (non-hydrogen) atoms. The average molecular weight is 386 g/mol. The highest BCUT2D eigenvalue weighted by Gasteiger charge is 2.31. The lowest BCUT2D eigenvalue weighted by Crippen LogP contribution is -2.41. The van der Waals surface area contributed by atoms with E-state index in [0.717, 1.165) is 19.3 Å². The van der Waals surface area contributed by atoms with Crippen LogP contribution in [0.2, 0.25) is 0 Å². The molecule has 0 heterocycles. The van der Waals surface area contributed by atoms with Crippen molar-refractivity contribution in [3.05, 3.63) is 34.4 Å². The van der Waals surface area contributed by atoms with Crippen molar-refractivity contribution >= 4 is 15.7 Å². The number of nitrogens with zero attached hydrogens (tertiary/aromatic N) is 2. The summed E-state index contributed by atoms with van der Waals surface area (Å²) in [4.78, 5) is 10.3. The van der Waals surface area contributed by atoms with Crippen LogP contribution < -0.4 is 5.73 Å². The number of nitro benzene ring substituents is 1. The van der Waals surface area contributed by atoms with E-state index in [1.165, 1.54) is 28.6 Å². The molecule has 0 saturated carbocycles. The summed E-state index contributed by atoms with van der Waals surface area (Å²) in [7, 11) is -3.72. The zero-order valence-corrected chi connectivity index (χ0v) is 17.0.